The first-order valence-electron chi connectivity index (χ1n) is 10.3. The van der Waals surface area contributed by atoms with Gasteiger partial charge in [0.1, 0.15) is 23.1 Å². The molecule has 1 fully saturated rings. The minimum Gasteiger partial charge on any atom is -0.507 e. The number of aryl methyl sites for hydroxylation is 1. The highest BCUT2D eigenvalue weighted by Crippen LogP contribution is 2.44. The van der Waals surface area contributed by atoms with Gasteiger partial charge in [-0.1, -0.05) is 23.7 Å². The van der Waals surface area contributed by atoms with E-state index in [1.54, 1.807) is 37.3 Å². The molecule has 1 aliphatic heterocycles. The van der Waals surface area contributed by atoms with Crippen molar-refractivity contribution in [3.05, 3.63) is 93.8 Å². The average molecular weight is 482 g/mol. The molecule has 1 amide bonds. The Balaban J connectivity index is 1.94. The van der Waals surface area contributed by atoms with Crippen LogP contribution in [0.1, 0.15) is 22.7 Å². The van der Waals surface area contributed by atoms with Gasteiger partial charge in [0.2, 0.25) is 0 Å². The number of rotatable bonds is 5. The van der Waals surface area contributed by atoms with Gasteiger partial charge in [0.15, 0.2) is 0 Å². The third-order valence-electron chi connectivity index (χ3n) is 5.73. The van der Waals surface area contributed by atoms with Gasteiger partial charge >= 0.3 is 0 Å². The first-order chi connectivity index (χ1) is 16.3. The van der Waals surface area contributed by atoms with Crippen molar-refractivity contribution in [2.45, 2.75) is 13.0 Å². The number of ketones is 1. The molecule has 0 bridgehead atoms. The van der Waals surface area contributed by atoms with Crippen molar-refractivity contribution in [1.82, 2.24) is 0 Å². The molecule has 6 nitrogen and oxygen atoms in total. The summed E-state index contributed by atoms with van der Waals surface area (Å²) in [5.41, 5.74) is 1.68. The Labute approximate surface area is 200 Å². The molecule has 0 spiro atoms. The van der Waals surface area contributed by atoms with E-state index in [1.165, 1.54) is 49.5 Å². The summed E-state index contributed by atoms with van der Waals surface area (Å²) in [4.78, 5) is 27.7. The molecule has 1 heterocycles. The van der Waals surface area contributed by atoms with Crippen molar-refractivity contribution in [2.75, 3.05) is 19.1 Å². The third kappa shape index (κ3) is 3.99. The number of hydrogen-bond acceptors (Lipinski definition) is 5. The minimum atomic E-state index is -1.01. The zero-order valence-electron chi connectivity index (χ0n) is 18.6. The number of aliphatic hydroxyl groups is 1. The first-order valence-corrected chi connectivity index (χ1v) is 10.7. The Morgan fingerprint density at radius 1 is 1.00 bits per heavy atom. The number of amides is 1. The molecule has 0 aliphatic carbocycles. The molecule has 174 valence electrons. The molecule has 0 saturated carbocycles. The van der Waals surface area contributed by atoms with Gasteiger partial charge in [-0.15, -0.1) is 0 Å². The Bertz CT molecular complexity index is 1320. The van der Waals surface area contributed by atoms with Crippen LogP contribution in [0.5, 0.6) is 11.5 Å². The molecule has 3 aromatic carbocycles. The lowest BCUT2D eigenvalue weighted by Gasteiger charge is -2.26. The predicted molar refractivity (Wildman–Crippen MR) is 127 cm³/mol. The van der Waals surface area contributed by atoms with Crippen molar-refractivity contribution in [2.24, 2.45) is 0 Å². The fraction of sp³-hybridized carbons (Fsp3) is 0.154. The van der Waals surface area contributed by atoms with Crippen LogP contribution >= 0.6 is 11.6 Å². The maximum absolute atomic E-state index is 13.7. The van der Waals surface area contributed by atoms with Crippen LogP contribution in [-0.4, -0.2) is 31.0 Å². The summed E-state index contributed by atoms with van der Waals surface area (Å²) in [5, 5.41) is 11.5. The summed E-state index contributed by atoms with van der Waals surface area (Å²) >= 11 is 6.28. The van der Waals surface area contributed by atoms with Gasteiger partial charge in [-0.2, -0.15) is 0 Å². The van der Waals surface area contributed by atoms with Gasteiger partial charge in [0, 0.05) is 11.3 Å². The number of ether oxygens (including phenoxy) is 2. The summed E-state index contributed by atoms with van der Waals surface area (Å²) in [5.74, 6) is -1.54. The zero-order valence-corrected chi connectivity index (χ0v) is 19.4. The van der Waals surface area contributed by atoms with Crippen LogP contribution in [0.4, 0.5) is 10.1 Å². The largest absolute Gasteiger partial charge is 0.507 e. The van der Waals surface area contributed by atoms with Crippen molar-refractivity contribution >= 4 is 34.7 Å². The van der Waals surface area contributed by atoms with E-state index in [1.807, 2.05) is 0 Å². The highest BCUT2D eigenvalue weighted by atomic mass is 35.5. The number of aliphatic hydroxyl groups excluding tert-OH is 1. The van der Waals surface area contributed by atoms with Crippen LogP contribution in [0.25, 0.3) is 5.76 Å². The van der Waals surface area contributed by atoms with Crippen LogP contribution in [0, 0.1) is 12.7 Å². The lowest BCUT2D eigenvalue weighted by molar-refractivity contribution is -0.132. The van der Waals surface area contributed by atoms with Gasteiger partial charge in [0.25, 0.3) is 11.7 Å². The molecule has 4 rings (SSSR count). The maximum Gasteiger partial charge on any atom is 0.300 e. The second kappa shape index (κ2) is 9.19. The van der Waals surface area contributed by atoms with E-state index in [4.69, 9.17) is 21.1 Å². The molecule has 0 aromatic heterocycles. The third-order valence-corrected chi connectivity index (χ3v) is 6.03. The van der Waals surface area contributed by atoms with Gasteiger partial charge < -0.3 is 14.6 Å². The average Bonchev–Trinajstić information content (AvgIpc) is 3.09. The van der Waals surface area contributed by atoms with Gasteiger partial charge in [-0.3, -0.25) is 14.5 Å². The van der Waals surface area contributed by atoms with Crippen LogP contribution < -0.4 is 14.4 Å². The quantitative estimate of drug-likeness (QED) is 0.299. The van der Waals surface area contributed by atoms with Crippen LogP contribution in [0.3, 0.4) is 0 Å². The Kier molecular flexibility index (Phi) is 6.30. The Hall–Kier alpha value is -3.84. The molecule has 34 heavy (non-hydrogen) atoms. The van der Waals surface area contributed by atoms with E-state index in [0.29, 0.717) is 33.9 Å². The number of benzene rings is 3. The van der Waals surface area contributed by atoms with Crippen LogP contribution in [-0.2, 0) is 9.59 Å². The molecular formula is C26H21ClFNO5. The minimum absolute atomic E-state index is 0.114. The first kappa shape index (κ1) is 23.3. The molecule has 1 unspecified atom stereocenters. The zero-order chi connectivity index (χ0) is 24.6. The maximum atomic E-state index is 13.7. The highest BCUT2D eigenvalue weighted by Gasteiger charge is 2.47. The van der Waals surface area contributed by atoms with Crippen molar-refractivity contribution < 1.29 is 28.6 Å². The number of methoxy groups -OCH3 is 2. The van der Waals surface area contributed by atoms with Crippen molar-refractivity contribution in [1.29, 1.82) is 0 Å². The number of carbonyl (C=O) groups excluding carboxylic acids is 2. The molecule has 3 aromatic rings. The van der Waals surface area contributed by atoms with E-state index in [-0.39, 0.29) is 16.4 Å². The second-order valence-electron chi connectivity index (χ2n) is 7.72. The predicted octanol–water partition coefficient (Wildman–Crippen LogP) is 5.43. The summed E-state index contributed by atoms with van der Waals surface area (Å²) in [6.45, 7) is 1.75. The standard InChI is InChI=1S/C26H21ClFNO5/c1-14-12-18(33-2)9-10-19(14)24(30)22-23(15-4-6-16(28)7-5-15)29(26(32)25(22)31)17-8-11-21(34-3)20(27)13-17/h4-13,23,30H,1-3H3/b24-22+. The van der Waals surface area contributed by atoms with Crippen molar-refractivity contribution in [3.8, 4) is 11.5 Å². The molecule has 8 heteroatoms. The van der Waals surface area contributed by atoms with Gasteiger partial charge in [-0.05, 0) is 66.6 Å². The molecule has 1 atom stereocenters. The lowest BCUT2D eigenvalue weighted by Crippen LogP contribution is -2.29. The molecular weight excluding hydrogens is 461 g/mol. The number of carbonyl (C=O) groups is 2. The van der Waals surface area contributed by atoms with E-state index >= 15 is 0 Å². The van der Waals surface area contributed by atoms with E-state index in [9.17, 15) is 19.1 Å². The number of hydrogen-bond donors (Lipinski definition) is 1. The highest BCUT2D eigenvalue weighted by molar-refractivity contribution is 6.51. The Morgan fingerprint density at radius 3 is 2.29 bits per heavy atom. The van der Waals surface area contributed by atoms with E-state index in [0.717, 1.165) is 0 Å². The van der Waals surface area contributed by atoms with Crippen molar-refractivity contribution in [3.63, 3.8) is 0 Å². The smallest absolute Gasteiger partial charge is 0.300 e. The molecule has 1 saturated heterocycles. The molecule has 1 N–H and O–H groups in total. The van der Waals surface area contributed by atoms with Crippen LogP contribution in [0.2, 0.25) is 5.02 Å². The van der Waals surface area contributed by atoms with Gasteiger partial charge in [0.05, 0.1) is 30.9 Å². The van der Waals surface area contributed by atoms with E-state index in [2.05, 4.69) is 0 Å². The normalized spacial score (nSPS) is 17.2. The monoisotopic (exact) mass is 481 g/mol. The van der Waals surface area contributed by atoms with E-state index < -0.39 is 23.5 Å². The number of Topliss-reactive ketones (excluding diaryl/α,β-unsaturated/α-hetero) is 1. The summed E-state index contributed by atoms with van der Waals surface area (Å²) in [7, 11) is 2.98. The van der Waals surface area contributed by atoms with Crippen LogP contribution in [0.15, 0.2) is 66.2 Å². The fourth-order valence-corrected chi connectivity index (χ4v) is 4.29. The number of anilines is 1. The Morgan fingerprint density at radius 2 is 1.71 bits per heavy atom. The SMILES string of the molecule is COc1ccc(/C(O)=C2\C(=O)C(=O)N(c3ccc(OC)c(Cl)c3)C2c2ccc(F)cc2)c(C)c1. The summed E-state index contributed by atoms with van der Waals surface area (Å²) < 4.78 is 24.1. The lowest BCUT2D eigenvalue weighted by atomic mass is 9.93. The summed E-state index contributed by atoms with van der Waals surface area (Å²) in [6, 6.07) is 14.0. The number of nitrogens with zero attached hydrogens (tertiary/aromatic N) is 1. The number of halogens is 2. The van der Waals surface area contributed by atoms with Gasteiger partial charge in [-0.25, -0.2) is 4.39 Å². The topological polar surface area (TPSA) is 76.1 Å². The fourth-order valence-electron chi connectivity index (χ4n) is 4.04. The second-order valence-corrected chi connectivity index (χ2v) is 8.13. The summed E-state index contributed by atoms with van der Waals surface area (Å²) in [6.07, 6.45) is 0. The molecule has 0 radical (unpaired) electrons. The molecule has 1 aliphatic rings.